The minimum Gasteiger partial charge on any atom is -0.495 e. The zero-order valence-electron chi connectivity index (χ0n) is 13.1. The number of benzene rings is 2. The van der Waals surface area contributed by atoms with E-state index in [2.05, 4.69) is 0 Å². The highest BCUT2D eigenvalue weighted by molar-refractivity contribution is 6.31. The van der Waals surface area contributed by atoms with Crippen LogP contribution in [0.25, 0.3) is 0 Å². The maximum absolute atomic E-state index is 12.3. The number of carbonyl (C=O) groups excluding carboxylic acids is 2. The molecule has 3 rings (SSSR count). The Morgan fingerprint density at radius 1 is 1.21 bits per heavy atom. The van der Waals surface area contributed by atoms with E-state index in [-0.39, 0.29) is 18.9 Å². The topological polar surface area (TPSA) is 55.8 Å². The van der Waals surface area contributed by atoms with Gasteiger partial charge in [-0.25, -0.2) is 0 Å². The Hall–Kier alpha value is -2.53. The van der Waals surface area contributed by atoms with Crippen LogP contribution in [0.5, 0.6) is 11.5 Å². The summed E-state index contributed by atoms with van der Waals surface area (Å²) < 4.78 is 10.6. The van der Waals surface area contributed by atoms with E-state index in [0.29, 0.717) is 22.2 Å². The van der Waals surface area contributed by atoms with Crippen molar-refractivity contribution in [1.29, 1.82) is 0 Å². The first-order valence-electron chi connectivity index (χ1n) is 7.49. The Labute approximate surface area is 144 Å². The van der Waals surface area contributed by atoms with Crippen LogP contribution in [0.4, 0.5) is 5.69 Å². The van der Waals surface area contributed by atoms with E-state index in [0.717, 1.165) is 0 Å². The van der Waals surface area contributed by atoms with Crippen molar-refractivity contribution >= 4 is 29.2 Å². The molecule has 1 aliphatic heterocycles. The highest BCUT2D eigenvalue weighted by atomic mass is 35.5. The van der Waals surface area contributed by atoms with Gasteiger partial charge in [-0.3, -0.25) is 9.59 Å². The summed E-state index contributed by atoms with van der Waals surface area (Å²) in [6, 6.07) is 13.8. The van der Waals surface area contributed by atoms with E-state index < -0.39 is 11.9 Å². The molecule has 0 aromatic heterocycles. The Balaban J connectivity index is 1.76. The van der Waals surface area contributed by atoms with Gasteiger partial charge in [0.05, 0.1) is 18.7 Å². The zero-order chi connectivity index (χ0) is 17.1. The summed E-state index contributed by atoms with van der Waals surface area (Å²) in [6.45, 7) is 0.237. The number of nitrogens with zero attached hydrogens (tertiary/aromatic N) is 1. The standard InChI is InChI=1S/C18H16ClNO4/c1-23-16-8-7-13(19)10-15(16)20-11-12(9-17(20)21)18(22)24-14-5-3-2-4-6-14/h2-8,10,12H,9,11H2,1H3/t12-/m1/s1. The van der Waals surface area contributed by atoms with Crippen molar-refractivity contribution in [3.05, 3.63) is 53.6 Å². The normalized spacial score (nSPS) is 17.0. The van der Waals surface area contributed by atoms with Crippen LogP contribution in [0.3, 0.4) is 0 Å². The first-order valence-corrected chi connectivity index (χ1v) is 7.87. The third-order valence-electron chi connectivity index (χ3n) is 3.85. The minimum absolute atomic E-state index is 0.0985. The number of anilines is 1. The second-order valence-corrected chi connectivity index (χ2v) is 5.89. The average Bonchev–Trinajstić information content (AvgIpc) is 2.97. The lowest BCUT2D eigenvalue weighted by Gasteiger charge is -2.19. The average molecular weight is 346 g/mol. The predicted octanol–water partition coefficient (Wildman–Crippen LogP) is 3.31. The van der Waals surface area contributed by atoms with Crippen LogP contribution < -0.4 is 14.4 Å². The summed E-state index contributed by atoms with van der Waals surface area (Å²) in [5.41, 5.74) is 0.560. The van der Waals surface area contributed by atoms with Gasteiger partial charge in [-0.05, 0) is 30.3 Å². The number of hydrogen-bond acceptors (Lipinski definition) is 4. The fraction of sp³-hybridized carbons (Fsp3) is 0.222. The molecule has 0 bridgehead atoms. The molecule has 0 spiro atoms. The van der Waals surface area contributed by atoms with Crippen molar-refractivity contribution in [2.24, 2.45) is 5.92 Å². The van der Waals surface area contributed by atoms with Gasteiger partial charge in [0.1, 0.15) is 11.5 Å². The second kappa shape index (κ2) is 6.93. The third-order valence-corrected chi connectivity index (χ3v) is 4.09. The summed E-state index contributed by atoms with van der Waals surface area (Å²) in [7, 11) is 1.52. The molecular weight excluding hydrogens is 330 g/mol. The quantitative estimate of drug-likeness (QED) is 0.630. The molecular formula is C18H16ClNO4. The van der Waals surface area contributed by atoms with Gasteiger partial charge in [0, 0.05) is 18.0 Å². The Bertz CT molecular complexity index is 763. The molecule has 0 unspecified atom stereocenters. The molecule has 1 fully saturated rings. The van der Waals surface area contributed by atoms with Crippen LogP contribution in [0.15, 0.2) is 48.5 Å². The number of amides is 1. The SMILES string of the molecule is COc1ccc(Cl)cc1N1C[C@H](C(=O)Oc2ccccc2)CC1=O. The van der Waals surface area contributed by atoms with E-state index in [1.807, 2.05) is 6.07 Å². The summed E-state index contributed by atoms with van der Waals surface area (Å²) >= 11 is 6.02. The van der Waals surface area contributed by atoms with E-state index >= 15 is 0 Å². The summed E-state index contributed by atoms with van der Waals surface area (Å²) in [4.78, 5) is 26.2. The number of hydrogen-bond donors (Lipinski definition) is 0. The van der Waals surface area contributed by atoms with Crippen molar-refractivity contribution in [2.45, 2.75) is 6.42 Å². The number of ether oxygens (including phenoxy) is 2. The van der Waals surface area contributed by atoms with Gasteiger partial charge in [0.15, 0.2) is 0 Å². The van der Waals surface area contributed by atoms with Crippen LogP contribution in [-0.2, 0) is 9.59 Å². The monoisotopic (exact) mass is 345 g/mol. The molecule has 1 heterocycles. The summed E-state index contributed by atoms with van der Waals surface area (Å²) in [5, 5.41) is 0.494. The molecule has 1 amide bonds. The molecule has 5 nitrogen and oxygen atoms in total. The molecule has 0 aliphatic carbocycles. The van der Waals surface area contributed by atoms with Crippen molar-refractivity contribution in [1.82, 2.24) is 0 Å². The number of para-hydroxylation sites is 1. The highest BCUT2D eigenvalue weighted by Crippen LogP contribution is 2.35. The highest BCUT2D eigenvalue weighted by Gasteiger charge is 2.37. The van der Waals surface area contributed by atoms with Crippen molar-refractivity contribution in [3.8, 4) is 11.5 Å². The van der Waals surface area contributed by atoms with E-state index in [4.69, 9.17) is 21.1 Å². The van der Waals surface area contributed by atoms with Gasteiger partial charge in [-0.1, -0.05) is 29.8 Å². The predicted molar refractivity (Wildman–Crippen MR) is 90.5 cm³/mol. The molecule has 6 heteroatoms. The van der Waals surface area contributed by atoms with E-state index in [9.17, 15) is 9.59 Å². The Kier molecular flexibility index (Phi) is 4.71. The first kappa shape index (κ1) is 16.3. The van der Waals surface area contributed by atoms with Crippen molar-refractivity contribution in [2.75, 3.05) is 18.6 Å². The van der Waals surface area contributed by atoms with Gasteiger partial charge < -0.3 is 14.4 Å². The molecule has 24 heavy (non-hydrogen) atoms. The number of rotatable bonds is 4. The second-order valence-electron chi connectivity index (χ2n) is 5.46. The van der Waals surface area contributed by atoms with E-state index in [1.165, 1.54) is 12.0 Å². The molecule has 1 aliphatic rings. The zero-order valence-corrected chi connectivity index (χ0v) is 13.8. The molecule has 0 N–H and O–H groups in total. The molecule has 124 valence electrons. The lowest BCUT2D eigenvalue weighted by atomic mass is 10.1. The molecule has 2 aromatic carbocycles. The molecule has 0 saturated carbocycles. The van der Waals surface area contributed by atoms with Gasteiger partial charge in [-0.15, -0.1) is 0 Å². The van der Waals surface area contributed by atoms with Crippen molar-refractivity contribution < 1.29 is 19.1 Å². The largest absolute Gasteiger partial charge is 0.495 e. The lowest BCUT2D eigenvalue weighted by molar-refractivity contribution is -0.139. The maximum atomic E-state index is 12.3. The number of methoxy groups -OCH3 is 1. The minimum atomic E-state index is -0.526. The molecule has 0 radical (unpaired) electrons. The van der Waals surface area contributed by atoms with Crippen LogP contribution in [0.2, 0.25) is 5.02 Å². The van der Waals surface area contributed by atoms with Gasteiger partial charge in [-0.2, -0.15) is 0 Å². The number of halogens is 1. The fourth-order valence-electron chi connectivity index (χ4n) is 2.66. The third kappa shape index (κ3) is 3.36. The smallest absolute Gasteiger partial charge is 0.316 e. The van der Waals surface area contributed by atoms with Crippen LogP contribution in [0, 0.1) is 5.92 Å². The van der Waals surface area contributed by atoms with Crippen LogP contribution in [-0.4, -0.2) is 25.5 Å². The number of esters is 1. The Morgan fingerprint density at radius 2 is 1.96 bits per heavy atom. The molecule has 2 aromatic rings. The number of carbonyl (C=O) groups is 2. The van der Waals surface area contributed by atoms with Crippen molar-refractivity contribution in [3.63, 3.8) is 0 Å². The van der Waals surface area contributed by atoms with Crippen LogP contribution >= 0.6 is 11.6 Å². The summed E-state index contributed by atoms with van der Waals surface area (Å²) in [6.07, 6.45) is 0.0985. The maximum Gasteiger partial charge on any atom is 0.316 e. The Morgan fingerprint density at radius 3 is 2.67 bits per heavy atom. The van der Waals surface area contributed by atoms with Gasteiger partial charge in [0.25, 0.3) is 0 Å². The lowest BCUT2D eigenvalue weighted by Crippen LogP contribution is -2.27. The fourth-order valence-corrected chi connectivity index (χ4v) is 2.83. The van der Waals surface area contributed by atoms with Gasteiger partial charge >= 0.3 is 5.97 Å². The van der Waals surface area contributed by atoms with Gasteiger partial charge in [0.2, 0.25) is 5.91 Å². The summed E-state index contributed by atoms with van der Waals surface area (Å²) in [5.74, 6) is -0.108. The molecule has 1 atom stereocenters. The van der Waals surface area contributed by atoms with Crippen LogP contribution in [0.1, 0.15) is 6.42 Å². The molecule has 1 saturated heterocycles. The van der Waals surface area contributed by atoms with E-state index in [1.54, 1.807) is 42.5 Å². The first-order chi connectivity index (χ1) is 11.6.